The van der Waals surface area contributed by atoms with Gasteiger partial charge in [-0.05, 0) is 6.92 Å². The lowest BCUT2D eigenvalue weighted by Crippen LogP contribution is -2.46. The van der Waals surface area contributed by atoms with Crippen molar-refractivity contribution in [2.45, 2.75) is 64.3 Å². The highest BCUT2D eigenvalue weighted by Crippen LogP contribution is 2.61. The number of nitrogens with two attached hydrogens (primary N) is 1. The molecule has 0 radical (unpaired) electrons. The van der Waals surface area contributed by atoms with Crippen LogP contribution in [0.3, 0.4) is 0 Å². The molecule has 3 heterocycles. The van der Waals surface area contributed by atoms with Gasteiger partial charge in [-0.2, -0.15) is 4.31 Å². The Morgan fingerprint density at radius 3 is 2.44 bits per heavy atom. The predicted octanol–water partition coefficient (Wildman–Crippen LogP) is -1.36. The van der Waals surface area contributed by atoms with Gasteiger partial charge in [-0.3, -0.25) is 37.3 Å². The van der Waals surface area contributed by atoms with E-state index in [9.17, 15) is 62.7 Å². The van der Waals surface area contributed by atoms with E-state index in [0.717, 1.165) is 22.7 Å². The summed E-state index contributed by atoms with van der Waals surface area (Å²) >= 11 is 0.867. The van der Waals surface area contributed by atoms with Crippen LogP contribution in [0.1, 0.15) is 41.2 Å². The minimum atomic E-state index is -5.66. The lowest BCUT2D eigenvalue weighted by atomic mass is 9.87. The number of nitrogens with one attached hydrogen (secondary N) is 2. The Morgan fingerprint density at radius 1 is 1.11 bits per heavy atom. The molecule has 1 saturated heterocycles. The van der Waals surface area contributed by atoms with Gasteiger partial charge in [0.1, 0.15) is 43.4 Å². The number of ketones is 1. The van der Waals surface area contributed by atoms with Gasteiger partial charge in [-0.25, -0.2) is 28.6 Å². The van der Waals surface area contributed by atoms with Gasteiger partial charge in [0.05, 0.1) is 25.9 Å². The van der Waals surface area contributed by atoms with Gasteiger partial charge in [-0.15, -0.1) is 0 Å². The standard InChI is InChI=1S/C25H40N7O18P3S/c1-13(33)8-16(35)54-7-6-27-15(34)4-5-28-23(38)20(37)25(2,3)10-47-53(44,45)50-52(42,43)46-9-14-19(49-51(39,40)41)18(36)24(48-14)32-12-31-17-21(26)29-11-30-22(17)32/h11-12,14,18-20,24,36-37H,4-10H2,1-3H3,(H,27,34)(H,28,38)(H,42,43)(H,44,45)(H2,26,29,30)(H2,39,40,41)/t14-,18-,19-,20+,24-/m1/s1/i12D/hD2. The molecule has 0 saturated carbocycles. The van der Waals surface area contributed by atoms with Crippen LogP contribution in [0.25, 0.3) is 11.2 Å². The molecule has 1 aliphatic rings. The molecule has 0 aliphatic carbocycles. The molecule has 1 fully saturated rings. The summed E-state index contributed by atoms with van der Waals surface area (Å²) < 4.78 is 84.8. The number of nitrogens with zero attached hydrogens (tertiary/aromatic N) is 4. The van der Waals surface area contributed by atoms with Gasteiger partial charge in [0, 0.05) is 30.7 Å². The van der Waals surface area contributed by atoms with E-state index < -0.39 is 96.7 Å². The quantitative estimate of drug-likeness (QED) is 0.0375. The fraction of sp³-hybridized carbons (Fsp3) is 0.640. The molecule has 25 nitrogen and oxygen atoms in total. The first kappa shape index (κ1) is 40.9. The monoisotopic (exact) mass is 854 g/mol. The van der Waals surface area contributed by atoms with E-state index in [1.54, 1.807) is 0 Å². The smallest absolute Gasteiger partial charge is 0.386 e. The molecule has 0 spiro atoms. The number of hydrogen-bond acceptors (Lipinski definition) is 19. The summed E-state index contributed by atoms with van der Waals surface area (Å²) in [4.78, 5) is 97.6. The highest BCUT2D eigenvalue weighted by Gasteiger charge is 2.50. The summed E-state index contributed by atoms with van der Waals surface area (Å²) in [5, 5.41) is 25.9. The molecule has 29 heteroatoms. The number of fused-ring (bicyclic) bond motifs is 1. The molecule has 3 rings (SSSR count). The second-order valence-electron chi connectivity index (χ2n) is 12.0. The van der Waals surface area contributed by atoms with Crippen molar-refractivity contribution in [1.82, 2.24) is 30.2 Å². The van der Waals surface area contributed by atoms with Crippen molar-refractivity contribution >= 4 is 74.9 Å². The van der Waals surface area contributed by atoms with Crippen LogP contribution in [0.4, 0.5) is 5.82 Å². The van der Waals surface area contributed by atoms with Gasteiger partial charge >= 0.3 is 23.5 Å². The maximum atomic E-state index is 12.7. The van der Waals surface area contributed by atoms with Crippen molar-refractivity contribution in [3.63, 3.8) is 0 Å². The zero-order chi connectivity index (χ0) is 43.1. The first-order chi connectivity index (χ1) is 26.2. The summed E-state index contributed by atoms with van der Waals surface area (Å²) in [5.74, 6) is -2.02. The number of imidazole rings is 1. The summed E-state index contributed by atoms with van der Waals surface area (Å²) in [7, 11) is -16.7. The van der Waals surface area contributed by atoms with Crippen LogP contribution >= 0.6 is 35.2 Å². The molecular formula is C25H40N7O18P3S. The molecule has 1 aliphatic heterocycles. The number of carbonyl (C=O) groups excluding carboxylic acids is 4. The van der Waals surface area contributed by atoms with E-state index in [-0.39, 0.29) is 59.5 Å². The van der Waals surface area contributed by atoms with Crippen LogP contribution in [-0.4, -0.2) is 128 Å². The maximum Gasteiger partial charge on any atom is 0.481 e. The van der Waals surface area contributed by atoms with Crippen molar-refractivity contribution in [2.24, 2.45) is 5.41 Å². The van der Waals surface area contributed by atoms with E-state index in [4.69, 9.17) is 18.0 Å². The van der Waals surface area contributed by atoms with Crippen molar-refractivity contribution in [2.75, 3.05) is 37.8 Å². The van der Waals surface area contributed by atoms with Crippen molar-refractivity contribution < 1.29 is 89.5 Å². The summed E-state index contributed by atoms with van der Waals surface area (Å²) in [6, 6.07) is 0. The normalized spacial score (nSPS) is 22.6. The molecule has 304 valence electrons. The summed E-state index contributed by atoms with van der Waals surface area (Å²) in [5.41, 5.74) is -2.20. The van der Waals surface area contributed by atoms with Crippen LogP contribution in [0, 0.1) is 5.41 Å². The van der Waals surface area contributed by atoms with Gasteiger partial charge in [0.25, 0.3) is 0 Å². The Bertz CT molecular complexity index is 1940. The molecule has 7 atom stereocenters. The number of ether oxygens (including phenoxy) is 1. The minimum absolute atomic E-state index is 0.0501. The van der Waals surface area contributed by atoms with E-state index in [2.05, 4.69) is 34.4 Å². The van der Waals surface area contributed by atoms with E-state index in [1.165, 1.54) is 20.8 Å². The van der Waals surface area contributed by atoms with Crippen LogP contribution in [0.2, 0.25) is 2.82 Å². The second kappa shape index (κ2) is 18.9. The molecular weight excluding hydrogens is 811 g/mol. The number of nitrogen functional groups attached to an aromatic ring is 1. The number of rotatable bonds is 22. The molecule has 54 heavy (non-hydrogen) atoms. The summed E-state index contributed by atoms with van der Waals surface area (Å²) in [6.07, 6.45) is -10.1. The largest absolute Gasteiger partial charge is 0.481 e. The zero-order valence-electron chi connectivity index (χ0n) is 31.5. The lowest BCUT2D eigenvalue weighted by molar-refractivity contribution is -0.137. The van der Waals surface area contributed by atoms with Gasteiger partial charge in [0.15, 0.2) is 25.6 Å². The molecule has 0 bridgehead atoms. The minimum Gasteiger partial charge on any atom is -0.386 e. The Balaban J connectivity index is 1.56. The number of amides is 2. The average Bonchev–Trinajstić information content (AvgIpc) is 3.56. The Labute approximate surface area is 314 Å². The van der Waals surface area contributed by atoms with Crippen LogP contribution < -0.4 is 16.4 Å². The molecule has 2 aromatic rings. The number of phosphoric acid groups is 3. The number of thioether (sulfide) groups is 1. The van der Waals surface area contributed by atoms with Crippen molar-refractivity contribution in [3.05, 3.63) is 12.6 Å². The van der Waals surface area contributed by atoms with Gasteiger partial charge < -0.3 is 50.9 Å². The van der Waals surface area contributed by atoms with Crippen LogP contribution in [0.15, 0.2) is 12.6 Å². The Kier molecular flexibility index (Phi) is 14.3. The van der Waals surface area contributed by atoms with E-state index in [0.29, 0.717) is 0 Å². The number of Topliss-reactive ketones (excluding diaryl/α,β-unsaturated/α-hetero) is 1. The van der Waals surface area contributed by atoms with E-state index >= 15 is 0 Å². The molecule has 10 N–H and O–H groups in total. The van der Waals surface area contributed by atoms with Gasteiger partial charge in [0.2, 0.25) is 11.8 Å². The van der Waals surface area contributed by atoms with Crippen molar-refractivity contribution in [1.29, 1.82) is 0 Å². The maximum absolute atomic E-state index is 12.7. The highest BCUT2D eigenvalue weighted by atomic mass is 32.2. The number of aromatic nitrogens is 4. The lowest BCUT2D eigenvalue weighted by Gasteiger charge is -2.30. The van der Waals surface area contributed by atoms with Gasteiger partial charge in [-0.1, -0.05) is 25.6 Å². The fourth-order valence-corrected chi connectivity index (χ4v) is 8.01. The second-order valence-corrected chi connectivity index (χ2v) is 17.4. The Morgan fingerprint density at radius 2 is 1.80 bits per heavy atom. The highest BCUT2D eigenvalue weighted by molar-refractivity contribution is 8.13. The molecule has 2 amide bonds. The zero-order valence-corrected chi connectivity index (χ0v) is 32.0. The Hall–Kier alpha value is -2.77. The van der Waals surface area contributed by atoms with Crippen LogP contribution in [-0.2, 0) is 55.5 Å². The van der Waals surface area contributed by atoms with E-state index in [1.807, 2.05) is 0 Å². The third-order valence-electron chi connectivity index (χ3n) is 7.03. The molecule has 0 aromatic carbocycles. The fourth-order valence-electron chi connectivity index (χ4n) is 4.44. The SMILES string of the molecule is [2H]c1nc2c(N([2H])[2H])ncnc2n1[C@@H]1O[C@H](COP(=O)(O)OP(=O)(O)OCC(C)(C)[C@@H](O)C(=O)NCCC(=O)NCCSC(=O)CC(C)=O)[C@@H](OP(=O)(O)O)[C@H]1O. The number of carbonyl (C=O) groups is 4. The first-order valence-corrected chi connectivity index (χ1v) is 20.8. The van der Waals surface area contributed by atoms with Crippen LogP contribution in [0.5, 0.6) is 0 Å². The number of aliphatic hydroxyl groups excluding tert-OH is 2. The third kappa shape index (κ3) is 13.8. The third-order valence-corrected chi connectivity index (χ3v) is 11.0. The average molecular weight is 855 g/mol. The number of anilines is 1. The first-order valence-electron chi connectivity index (χ1n) is 16.7. The topological polar surface area (TPSA) is 381 Å². The summed E-state index contributed by atoms with van der Waals surface area (Å²) in [6.45, 7) is 1.35. The molecule has 2 unspecified atom stereocenters. The number of hydrogen-bond donors (Lipinski definition) is 9. The molecule has 2 aromatic heterocycles. The van der Waals surface area contributed by atoms with Crippen molar-refractivity contribution in [3.8, 4) is 0 Å². The predicted molar refractivity (Wildman–Crippen MR) is 182 cm³/mol. The number of aliphatic hydroxyl groups is 2. The number of phosphoric ester groups is 3.